The molecule has 2 nitrogen and oxygen atoms in total. The maximum Gasteiger partial charge on any atom is 0.0788 e. The number of rotatable bonds is 4. The average molecular weight is 585 g/mol. The highest BCUT2D eigenvalue weighted by Crippen LogP contribution is 2.42. The van der Waals surface area contributed by atoms with E-state index >= 15 is 0 Å². The fourth-order valence-corrected chi connectivity index (χ4v) is 6.81. The Kier molecular flexibility index (Phi) is 6.17. The molecule has 0 amide bonds. The van der Waals surface area contributed by atoms with E-state index < -0.39 is 0 Å². The van der Waals surface area contributed by atoms with Gasteiger partial charge in [-0.05, 0) is 63.0 Å². The normalized spacial score (nSPS) is 11.5. The average Bonchev–Trinajstić information content (AvgIpc) is 3.14. The van der Waals surface area contributed by atoms with Crippen LogP contribution in [0.25, 0.3) is 88.1 Å². The summed E-state index contributed by atoms with van der Waals surface area (Å²) in [5.41, 5.74) is 9.46. The molecule has 2 aromatic heterocycles. The minimum Gasteiger partial charge on any atom is -0.248 e. The monoisotopic (exact) mass is 584 g/mol. The Bertz CT molecular complexity index is 2510. The van der Waals surface area contributed by atoms with E-state index in [-0.39, 0.29) is 0 Å². The number of benzene rings is 7. The molecule has 2 heteroatoms. The number of nitrogens with zero attached hydrogens (tertiary/aromatic N) is 2. The van der Waals surface area contributed by atoms with Crippen LogP contribution in [0.5, 0.6) is 0 Å². The highest BCUT2D eigenvalue weighted by molar-refractivity contribution is 6.25. The van der Waals surface area contributed by atoms with Gasteiger partial charge in [0.1, 0.15) is 0 Å². The van der Waals surface area contributed by atoms with E-state index in [1.807, 2.05) is 6.07 Å². The molecule has 0 unspecified atom stereocenters. The van der Waals surface area contributed by atoms with E-state index in [0.717, 1.165) is 61.2 Å². The first-order chi connectivity index (χ1) is 22.8. The van der Waals surface area contributed by atoms with Crippen LogP contribution in [0.3, 0.4) is 0 Å². The SMILES string of the molecule is c1ccc(-c2cc(-c3ccccc3)nc(-c3cc4c(-c5ccc6ccccc6c5)nc5ccccc5c4c4ccccc34)c2)cc1. The van der Waals surface area contributed by atoms with Crippen molar-refractivity contribution in [1.82, 2.24) is 9.97 Å². The van der Waals surface area contributed by atoms with Crippen molar-refractivity contribution >= 4 is 43.2 Å². The molecule has 214 valence electrons. The van der Waals surface area contributed by atoms with Crippen LogP contribution in [0.4, 0.5) is 0 Å². The molecule has 0 aliphatic rings. The Morgan fingerprint density at radius 1 is 0.326 bits per heavy atom. The first kappa shape index (κ1) is 26.3. The third-order valence-corrected chi connectivity index (χ3v) is 9.01. The molecule has 0 bridgehead atoms. The smallest absolute Gasteiger partial charge is 0.0788 e. The molecule has 0 aliphatic carbocycles. The number of fused-ring (bicyclic) bond motifs is 6. The third kappa shape index (κ3) is 4.43. The lowest BCUT2D eigenvalue weighted by Crippen LogP contribution is -1.95. The number of hydrogen-bond donors (Lipinski definition) is 0. The van der Waals surface area contributed by atoms with E-state index in [0.29, 0.717) is 0 Å². The van der Waals surface area contributed by atoms with Gasteiger partial charge in [0.15, 0.2) is 0 Å². The summed E-state index contributed by atoms with van der Waals surface area (Å²) in [5, 5.41) is 8.29. The molecule has 0 atom stereocenters. The summed E-state index contributed by atoms with van der Waals surface area (Å²) in [5.74, 6) is 0. The molecule has 0 radical (unpaired) electrons. The number of pyridine rings is 2. The van der Waals surface area contributed by atoms with Crippen molar-refractivity contribution in [2.75, 3.05) is 0 Å². The first-order valence-corrected chi connectivity index (χ1v) is 15.7. The van der Waals surface area contributed by atoms with Crippen LogP contribution < -0.4 is 0 Å². The van der Waals surface area contributed by atoms with Crippen LogP contribution in [-0.2, 0) is 0 Å². The second-order valence-electron chi connectivity index (χ2n) is 11.8. The summed E-state index contributed by atoms with van der Waals surface area (Å²) in [6.45, 7) is 0. The molecule has 9 rings (SSSR count). The number of para-hydroxylation sites is 1. The molecule has 0 spiro atoms. The lowest BCUT2D eigenvalue weighted by atomic mass is 9.90. The predicted octanol–water partition coefficient (Wildman–Crippen LogP) is 11.8. The maximum atomic E-state index is 5.34. The molecular formula is C44H28N2. The van der Waals surface area contributed by atoms with Crippen molar-refractivity contribution < 1.29 is 0 Å². The number of hydrogen-bond acceptors (Lipinski definition) is 2. The molecular weight excluding hydrogens is 556 g/mol. The summed E-state index contributed by atoms with van der Waals surface area (Å²) in [6.07, 6.45) is 0. The standard InChI is InChI=1S/C44H28N2/c1-3-13-29(14-4-1)34-26-41(31-16-5-2-6-17-31)45-42(27-34)38-28-39-43(36-20-10-9-19-35(36)38)37-21-11-12-22-40(37)46-44(39)33-24-23-30-15-7-8-18-32(30)25-33/h1-28H. The largest absolute Gasteiger partial charge is 0.248 e. The summed E-state index contributed by atoms with van der Waals surface area (Å²) in [6, 6.07) is 60.2. The van der Waals surface area contributed by atoms with Crippen LogP contribution >= 0.6 is 0 Å². The highest BCUT2D eigenvalue weighted by Gasteiger charge is 2.18. The van der Waals surface area contributed by atoms with Gasteiger partial charge in [0, 0.05) is 32.8 Å². The second kappa shape index (κ2) is 10.8. The van der Waals surface area contributed by atoms with Gasteiger partial charge >= 0.3 is 0 Å². The zero-order chi connectivity index (χ0) is 30.5. The van der Waals surface area contributed by atoms with Crippen molar-refractivity contribution in [3.8, 4) is 44.9 Å². The Hall–Kier alpha value is -6.12. The van der Waals surface area contributed by atoms with Crippen molar-refractivity contribution in [3.05, 3.63) is 170 Å². The highest BCUT2D eigenvalue weighted by atomic mass is 14.7. The molecule has 7 aromatic carbocycles. The second-order valence-corrected chi connectivity index (χ2v) is 11.8. The van der Waals surface area contributed by atoms with Crippen LogP contribution in [0.15, 0.2) is 170 Å². The van der Waals surface area contributed by atoms with Gasteiger partial charge in [-0.1, -0.05) is 140 Å². The summed E-state index contributed by atoms with van der Waals surface area (Å²) >= 11 is 0. The maximum absolute atomic E-state index is 5.34. The van der Waals surface area contributed by atoms with Gasteiger partial charge in [0.25, 0.3) is 0 Å². The Labute approximate surface area is 267 Å². The Balaban J connectivity index is 1.40. The van der Waals surface area contributed by atoms with E-state index in [2.05, 4.69) is 164 Å². The van der Waals surface area contributed by atoms with Crippen LogP contribution in [0, 0.1) is 0 Å². The fourth-order valence-electron chi connectivity index (χ4n) is 6.81. The molecule has 0 saturated heterocycles. The van der Waals surface area contributed by atoms with Crippen molar-refractivity contribution in [3.63, 3.8) is 0 Å². The lowest BCUT2D eigenvalue weighted by Gasteiger charge is -2.17. The van der Waals surface area contributed by atoms with Crippen molar-refractivity contribution in [1.29, 1.82) is 0 Å². The first-order valence-electron chi connectivity index (χ1n) is 15.7. The summed E-state index contributed by atoms with van der Waals surface area (Å²) < 4.78 is 0. The van der Waals surface area contributed by atoms with Gasteiger partial charge in [-0.25, -0.2) is 9.97 Å². The van der Waals surface area contributed by atoms with Crippen LogP contribution in [0.2, 0.25) is 0 Å². The van der Waals surface area contributed by atoms with Gasteiger partial charge in [-0.15, -0.1) is 0 Å². The van der Waals surface area contributed by atoms with Crippen molar-refractivity contribution in [2.45, 2.75) is 0 Å². The molecule has 9 aromatic rings. The molecule has 2 heterocycles. The quantitative estimate of drug-likeness (QED) is 0.192. The number of aromatic nitrogens is 2. The van der Waals surface area contributed by atoms with Gasteiger partial charge < -0.3 is 0 Å². The molecule has 46 heavy (non-hydrogen) atoms. The van der Waals surface area contributed by atoms with Crippen LogP contribution in [0.1, 0.15) is 0 Å². The third-order valence-electron chi connectivity index (χ3n) is 9.01. The van der Waals surface area contributed by atoms with Crippen LogP contribution in [-0.4, -0.2) is 9.97 Å². The minimum atomic E-state index is 0.941. The minimum absolute atomic E-state index is 0.941. The molecule has 0 aliphatic heterocycles. The zero-order valence-corrected chi connectivity index (χ0v) is 25.1. The van der Waals surface area contributed by atoms with E-state index in [9.17, 15) is 0 Å². The topological polar surface area (TPSA) is 25.8 Å². The Morgan fingerprint density at radius 2 is 0.957 bits per heavy atom. The summed E-state index contributed by atoms with van der Waals surface area (Å²) in [7, 11) is 0. The molecule has 0 saturated carbocycles. The Morgan fingerprint density at radius 3 is 1.76 bits per heavy atom. The van der Waals surface area contributed by atoms with E-state index in [1.165, 1.54) is 26.9 Å². The fraction of sp³-hybridized carbons (Fsp3) is 0. The van der Waals surface area contributed by atoms with Gasteiger partial charge in [-0.3, -0.25) is 0 Å². The molecule has 0 N–H and O–H groups in total. The van der Waals surface area contributed by atoms with Crippen molar-refractivity contribution in [2.24, 2.45) is 0 Å². The van der Waals surface area contributed by atoms with Gasteiger partial charge in [0.05, 0.1) is 22.6 Å². The lowest BCUT2D eigenvalue weighted by molar-refractivity contribution is 1.33. The molecule has 0 fully saturated rings. The summed E-state index contributed by atoms with van der Waals surface area (Å²) in [4.78, 5) is 10.7. The predicted molar refractivity (Wildman–Crippen MR) is 194 cm³/mol. The van der Waals surface area contributed by atoms with Gasteiger partial charge in [0.2, 0.25) is 0 Å². The van der Waals surface area contributed by atoms with Gasteiger partial charge in [-0.2, -0.15) is 0 Å². The zero-order valence-electron chi connectivity index (χ0n) is 25.1. The van der Waals surface area contributed by atoms with E-state index in [4.69, 9.17) is 9.97 Å². The van der Waals surface area contributed by atoms with E-state index in [1.54, 1.807) is 0 Å².